The van der Waals surface area contributed by atoms with Crippen molar-refractivity contribution >= 4 is 52.2 Å². The van der Waals surface area contributed by atoms with E-state index >= 15 is 0 Å². The number of hydrogen-bond donors (Lipinski definition) is 2. The van der Waals surface area contributed by atoms with Gasteiger partial charge in [0.25, 0.3) is 0 Å². The van der Waals surface area contributed by atoms with Crippen molar-refractivity contribution in [2.75, 3.05) is 11.1 Å². The molecule has 1 atom stereocenters. The minimum absolute atomic E-state index is 0.138. The Balaban J connectivity index is 2.02. The number of thioether (sulfide) groups is 1. The fourth-order valence-corrected chi connectivity index (χ4v) is 2.84. The molecule has 3 nitrogen and oxygen atoms in total. The molecule has 0 aliphatic carbocycles. The summed E-state index contributed by atoms with van der Waals surface area (Å²) in [5, 5.41) is 3.48. The van der Waals surface area contributed by atoms with Gasteiger partial charge < -0.3 is 11.1 Å². The van der Waals surface area contributed by atoms with Crippen LogP contribution in [-0.4, -0.2) is 11.2 Å². The van der Waals surface area contributed by atoms with E-state index in [9.17, 15) is 4.79 Å². The molecule has 6 heteroatoms. The zero-order valence-corrected chi connectivity index (χ0v) is 13.6. The Morgan fingerprint density at radius 1 is 1.19 bits per heavy atom. The monoisotopic (exact) mass is 340 g/mol. The second kappa shape index (κ2) is 7.07. The van der Waals surface area contributed by atoms with Gasteiger partial charge in [-0.15, -0.1) is 11.8 Å². The van der Waals surface area contributed by atoms with Crippen LogP contribution in [0.15, 0.2) is 47.4 Å². The van der Waals surface area contributed by atoms with Crippen LogP contribution in [0, 0.1) is 0 Å². The molecule has 21 heavy (non-hydrogen) atoms. The van der Waals surface area contributed by atoms with Crippen molar-refractivity contribution in [1.29, 1.82) is 0 Å². The fourth-order valence-electron chi connectivity index (χ4n) is 1.63. The molecular formula is C15H14Cl2N2OS. The molecule has 0 saturated heterocycles. The number of rotatable bonds is 4. The number of nitrogens with one attached hydrogen (secondary N) is 1. The highest BCUT2D eigenvalue weighted by molar-refractivity contribution is 8.00. The Kier molecular flexibility index (Phi) is 5.39. The van der Waals surface area contributed by atoms with Crippen LogP contribution in [0.25, 0.3) is 0 Å². The SMILES string of the molecule is C[C@@H](Sc1ccc(N)cc1)C(=O)Nc1cc(Cl)ccc1Cl. The van der Waals surface area contributed by atoms with Crippen LogP contribution in [0.1, 0.15) is 6.92 Å². The quantitative estimate of drug-likeness (QED) is 0.626. The molecule has 3 N–H and O–H groups in total. The predicted octanol–water partition coefficient (Wildman–Crippen LogP) is 4.69. The van der Waals surface area contributed by atoms with Crippen molar-refractivity contribution in [2.24, 2.45) is 0 Å². The first-order valence-corrected chi connectivity index (χ1v) is 7.87. The van der Waals surface area contributed by atoms with Gasteiger partial charge in [-0.3, -0.25) is 4.79 Å². The average Bonchev–Trinajstić information content (AvgIpc) is 2.45. The van der Waals surface area contributed by atoms with Crippen molar-refractivity contribution in [3.63, 3.8) is 0 Å². The lowest BCUT2D eigenvalue weighted by Gasteiger charge is -2.13. The number of nitrogen functional groups attached to an aromatic ring is 1. The van der Waals surface area contributed by atoms with Gasteiger partial charge in [0.2, 0.25) is 5.91 Å². The molecule has 0 heterocycles. The highest BCUT2D eigenvalue weighted by atomic mass is 35.5. The highest BCUT2D eigenvalue weighted by Crippen LogP contribution is 2.28. The number of carbonyl (C=O) groups is 1. The number of halogens is 2. The summed E-state index contributed by atoms with van der Waals surface area (Å²) in [5.74, 6) is -0.138. The van der Waals surface area contributed by atoms with Gasteiger partial charge in [0.15, 0.2) is 0 Å². The lowest BCUT2D eigenvalue weighted by Crippen LogP contribution is -2.22. The normalized spacial score (nSPS) is 12.0. The van der Waals surface area contributed by atoms with Crippen LogP contribution in [0.2, 0.25) is 10.0 Å². The van der Waals surface area contributed by atoms with Crippen LogP contribution < -0.4 is 11.1 Å². The van der Waals surface area contributed by atoms with Gasteiger partial charge in [0.1, 0.15) is 0 Å². The van der Waals surface area contributed by atoms with Gasteiger partial charge in [0, 0.05) is 15.6 Å². The number of carbonyl (C=O) groups excluding carboxylic acids is 1. The molecule has 0 aromatic heterocycles. The lowest BCUT2D eigenvalue weighted by atomic mass is 10.3. The summed E-state index contributed by atoms with van der Waals surface area (Å²) in [5.41, 5.74) is 6.84. The number of benzene rings is 2. The van der Waals surface area contributed by atoms with Crippen LogP contribution in [-0.2, 0) is 4.79 Å². The third kappa shape index (κ3) is 4.56. The van der Waals surface area contributed by atoms with Gasteiger partial charge >= 0.3 is 0 Å². The number of anilines is 2. The minimum atomic E-state index is -0.274. The molecular weight excluding hydrogens is 327 g/mol. The van der Waals surface area contributed by atoms with Crippen molar-refractivity contribution in [1.82, 2.24) is 0 Å². The van der Waals surface area contributed by atoms with E-state index in [0.29, 0.717) is 21.4 Å². The molecule has 1 amide bonds. The number of amides is 1. The highest BCUT2D eigenvalue weighted by Gasteiger charge is 2.16. The summed E-state index contributed by atoms with van der Waals surface area (Å²) in [7, 11) is 0. The Labute approximate surface area is 137 Å². The maximum absolute atomic E-state index is 12.2. The Bertz CT molecular complexity index is 647. The van der Waals surface area contributed by atoms with E-state index in [1.54, 1.807) is 30.3 Å². The molecule has 0 unspecified atom stereocenters. The number of nitrogens with two attached hydrogens (primary N) is 1. The predicted molar refractivity (Wildman–Crippen MR) is 91.3 cm³/mol. The summed E-state index contributed by atoms with van der Waals surface area (Å²) in [6, 6.07) is 12.3. The molecule has 2 aromatic carbocycles. The van der Waals surface area contributed by atoms with E-state index in [1.807, 2.05) is 19.1 Å². The zero-order valence-electron chi connectivity index (χ0n) is 11.3. The smallest absolute Gasteiger partial charge is 0.237 e. The fraction of sp³-hybridized carbons (Fsp3) is 0.133. The molecule has 2 rings (SSSR count). The first-order valence-electron chi connectivity index (χ1n) is 6.24. The largest absolute Gasteiger partial charge is 0.399 e. The molecule has 0 fully saturated rings. The van der Waals surface area contributed by atoms with Crippen molar-refractivity contribution in [3.8, 4) is 0 Å². The summed E-state index contributed by atoms with van der Waals surface area (Å²) in [4.78, 5) is 13.2. The van der Waals surface area contributed by atoms with E-state index in [2.05, 4.69) is 5.32 Å². The van der Waals surface area contributed by atoms with E-state index < -0.39 is 0 Å². The topological polar surface area (TPSA) is 55.1 Å². The second-order valence-corrected chi connectivity index (χ2v) is 6.70. The molecule has 0 saturated carbocycles. The molecule has 2 aromatic rings. The molecule has 0 aliphatic rings. The molecule has 0 bridgehead atoms. The first-order chi connectivity index (χ1) is 9.95. The molecule has 0 spiro atoms. The van der Waals surface area contributed by atoms with Crippen molar-refractivity contribution in [3.05, 3.63) is 52.5 Å². The average molecular weight is 341 g/mol. The van der Waals surface area contributed by atoms with Gasteiger partial charge in [-0.2, -0.15) is 0 Å². The Morgan fingerprint density at radius 3 is 2.52 bits per heavy atom. The third-order valence-corrected chi connectivity index (χ3v) is 4.43. The second-order valence-electron chi connectivity index (χ2n) is 4.44. The van der Waals surface area contributed by atoms with Crippen molar-refractivity contribution in [2.45, 2.75) is 17.1 Å². The summed E-state index contributed by atoms with van der Waals surface area (Å²) in [6.45, 7) is 1.83. The minimum Gasteiger partial charge on any atom is -0.399 e. The standard InChI is InChI=1S/C15H14Cl2N2OS/c1-9(21-12-5-3-11(18)4-6-12)15(20)19-14-8-10(16)2-7-13(14)17/h2-9H,18H2,1H3,(H,19,20)/t9-/m1/s1. The van der Waals surface area contributed by atoms with Gasteiger partial charge in [-0.25, -0.2) is 0 Å². The van der Waals surface area contributed by atoms with Crippen LogP contribution in [0.3, 0.4) is 0 Å². The molecule has 0 radical (unpaired) electrons. The molecule has 110 valence electrons. The first kappa shape index (κ1) is 16.0. The van der Waals surface area contributed by atoms with Crippen LogP contribution >= 0.6 is 35.0 Å². The van der Waals surface area contributed by atoms with E-state index in [1.165, 1.54) is 11.8 Å². The lowest BCUT2D eigenvalue weighted by molar-refractivity contribution is -0.115. The van der Waals surface area contributed by atoms with E-state index in [0.717, 1.165) is 4.90 Å². The van der Waals surface area contributed by atoms with Crippen LogP contribution in [0.4, 0.5) is 11.4 Å². The van der Waals surface area contributed by atoms with E-state index in [4.69, 9.17) is 28.9 Å². The third-order valence-electron chi connectivity index (χ3n) is 2.75. The van der Waals surface area contributed by atoms with Gasteiger partial charge in [-0.05, 0) is 49.4 Å². The Morgan fingerprint density at radius 2 is 1.86 bits per heavy atom. The van der Waals surface area contributed by atoms with Gasteiger partial charge in [-0.1, -0.05) is 23.2 Å². The maximum atomic E-state index is 12.2. The van der Waals surface area contributed by atoms with Crippen molar-refractivity contribution < 1.29 is 4.79 Å². The Hall–Kier alpha value is -1.36. The van der Waals surface area contributed by atoms with E-state index in [-0.39, 0.29) is 11.2 Å². The summed E-state index contributed by atoms with van der Waals surface area (Å²) >= 11 is 13.4. The zero-order chi connectivity index (χ0) is 15.4. The van der Waals surface area contributed by atoms with Crippen LogP contribution in [0.5, 0.6) is 0 Å². The maximum Gasteiger partial charge on any atom is 0.237 e. The molecule has 0 aliphatic heterocycles. The van der Waals surface area contributed by atoms with Gasteiger partial charge in [0.05, 0.1) is 16.0 Å². The summed E-state index contributed by atoms with van der Waals surface area (Å²) in [6.07, 6.45) is 0. The summed E-state index contributed by atoms with van der Waals surface area (Å²) < 4.78 is 0. The number of hydrogen-bond acceptors (Lipinski definition) is 3.